The van der Waals surface area contributed by atoms with Gasteiger partial charge in [0.25, 0.3) is 0 Å². The monoisotopic (exact) mass is 243 g/mol. The molecular formula is C9H16ClF2NO2. The van der Waals surface area contributed by atoms with Gasteiger partial charge in [-0.05, 0) is 13.3 Å². The smallest absolute Gasteiger partial charge is 0.310 e. The van der Waals surface area contributed by atoms with Crippen LogP contribution in [0.25, 0.3) is 0 Å². The van der Waals surface area contributed by atoms with E-state index in [2.05, 4.69) is 0 Å². The van der Waals surface area contributed by atoms with Gasteiger partial charge in [-0.3, -0.25) is 4.79 Å². The van der Waals surface area contributed by atoms with E-state index in [1.165, 1.54) is 0 Å². The second-order valence-corrected chi connectivity index (χ2v) is 3.62. The molecule has 0 amide bonds. The van der Waals surface area contributed by atoms with E-state index in [4.69, 9.17) is 10.5 Å². The molecule has 0 aromatic heterocycles. The van der Waals surface area contributed by atoms with Gasteiger partial charge >= 0.3 is 5.97 Å². The van der Waals surface area contributed by atoms with E-state index in [1.54, 1.807) is 6.92 Å². The summed E-state index contributed by atoms with van der Waals surface area (Å²) in [6.45, 7) is 1.85. The molecule has 2 N–H and O–H groups in total. The van der Waals surface area contributed by atoms with Gasteiger partial charge in [-0.15, -0.1) is 12.4 Å². The van der Waals surface area contributed by atoms with Crippen LogP contribution in [0.1, 0.15) is 26.2 Å². The summed E-state index contributed by atoms with van der Waals surface area (Å²) in [4.78, 5) is 11.3. The van der Waals surface area contributed by atoms with E-state index < -0.39 is 30.3 Å². The van der Waals surface area contributed by atoms with Crippen molar-refractivity contribution in [3.63, 3.8) is 0 Å². The first-order valence-corrected chi connectivity index (χ1v) is 4.76. The first-order valence-electron chi connectivity index (χ1n) is 4.76. The Balaban J connectivity index is 0.00000196. The van der Waals surface area contributed by atoms with Crippen LogP contribution in [-0.4, -0.2) is 24.5 Å². The summed E-state index contributed by atoms with van der Waals surface area (Å²) in [7, 11) is 0. The summed E-state index contributed by atoms with van der Waals surface area (Å²) >= 11 is 0. The van der Waals surface area contributed by atoms with Crippen LogP contribution in [0.4, 0.5) is 8.78 Å². The minimum Gasteiger partial charge on any atom is -0.466 e. The van der Waals surface area contributed by atoms with Gasteiger partial charge in [-0.2, -0.15) is 0 Å². The maximum Gasteiger partial charge on any atom is 0.310 e. The molecule has 6 heteroatoms. The molecule has 1 saturated carbocycles. The fraction of sp³-hybridized carbons (Fsp3) is 0.889. The third-order valence-corrected chi connectivity index (χ3v) is 2.47. The number of esters is 1. The summed E-state index contributed by atoms with van der Waals surface area (Å²) < 4.78 is 30.6. The molecule has 1 fully saturated rings. The summed E-state index contributed by atoms with van der Waals surface area (Å²) in [5.74, 6) is -4.22. The second kappa shape index (κ2) is 5.61. The SMILES string of the molecule is CCOC(=O)[C@H]1CC(F)(F)CC[C@@H]1N.Cl. The molecule has 0 spiro atoms. The molecule has 15 heavy (non-hydrogen) atoms. The van der Waals surface area contributed by atoms with Gasteiger partial charge in [0, 0.05) is 18.9 Å². The first-order chi connectivity index (χ1) is 6.46. The van der Waals surface area contributed by atoms with E-state index in [-0.39, 0.29) is 31.9 Å². The predicted molar refractivity (Wildman–Crippen MR) is 54.1 cm³/mol. The number of ether oxygens (including phenoxy) is 1. The molecule has 1 rings (SSSR count). The normalized spacial score (nSPS) is 29.1. The van der Waals surface area contributed by atoms with Crippen LogP contribution >= 0.6 is 12.4 Å². The molecule has 0 aromatic carbocycles. The molecule has 0 heterocycles. The third kappa shape index (κ3) is 3.91. The molecule has 0 bridgehead atoms. The number of hydrogen-bond donors (Lipinski definition) is 1. The number of hydrogen-bond acceptors (Lipinski definition) is 3. The first kappa shape index (κ1) is 14.6. The Hall–Kier alpha value is -0.420. The average molecular weight is 244 g/mol. The minimum atomic E-state index is -2.77. The van der Waals surface area contributed by atoms with E-state index in [0.717, 1.165) is 0 Å². The number of halogens is 3. The van der Waals surface area contributed by atoms with E-state index >= 15 is 0 Å². The highest BCUT2D eigenvalue weighted by molar-refractivity contribution is 5.85. The zero-order valence-electron chi connectivity index (χ0n) is 8.54. The van der Waals surface area contributed by atoms with Crippen LogP contribution in [0, 0.1) is 5.92 Å². The quantitative estimate of drug-likeness (QED) is 0.752. The maximum atomic E-state index is 13.0. The molecule has 0 radical (unpaired) electrons. The third-order valence-electron chi connectivity index (χ3n) is 2.47. The molecule has 0 aromatic rings. The molecule has 0 saturated heterocycles. The van der Waals surface area contributed by atoms with Crippen LogP contribution in [0.15, 0.2) is 0 Å². The van der Waals surface area contributed by atoms with Crippen LogP contribution in [0.2, 0.25) is 0 Å². The van der Waals surface area contributed by atoms with Crippen LogP contribution in [0.5, 0.6) is 0 Å². The van der Waals surface area contributed by atoms with Crippen molar-refractivity contribution < 1.29 is 18.3 Å². The Bertz CT molecular complexity index is 226. The predicted octanol–water partition coefficient (Wildman–Crippen LogP) is 1.73. The lowest BCUT2D eigenvalue weighted by Gasteiger charge is -2.32. The topological polar surface area (TPSA) is 52.3 Å². The standard InChI is InChI=1S/C9H15F2NO2.ClH/c1-2-14-8(13)6-5-9(10,11)4-3-7(6)12;/h6-7H,2-5,12H2,1H3;1H/t6-,7-;/m0./s1. The number of alkyl halides is 2. The number of nitrogens with two attached hydrogens (primary N) is 1. The van der Waals surface area contributed by atoms with Crippen molar-refractivity contribution in [1.29, 1.82) is 0 Å². The zero-order chi connectivity index (χ0) is 10.8. The summed E-state index contributed by atoms with van der Waals surface area (Å²) in [6.07, 6.45) is -0.534. The van der Waals surface area contributed by atoms with Gasteiger partial charge in [-0.1, -0.05) is 0 Å². The van der Waals surface area contributed by atoms with Crippen molar-refractivity contribution in [2.24, 2.45) is 11.7 Å². The number of rotatable bonds is 2. The van der Waals surface area contributed by atoms with Crippen molar-refractivity contribution in [2.45, 2.75) is 38.2 Å². The summed E-state index contributed by atoms with van der Waals surface area (Å²) in [5.41, 5.74) is 5.60. The van der Waals surface area contributed by atoms with Crippen LogP contribution in [-0.2, 0) is 9.53 Å². The van der Waals surface area contributed by atoms with Gasteiger partial charge in [-0.25, -0.2) is 8.78 Å². The van der Waals surface area contributed by atoms with Gasteiger partial charge in [0.1, 0.15) is 0 Å². The molecule has 0 aliphatic heterocycles. The average Bonchev–Trinajstić information content (AvgIpc) is 2.10. The second-order valence-electron chi connectivity index (χ2n) is 3.62. The molecular weight excluding hydrogens is 228 g/mol. The highest BCUT2D eigenvalue weighted by Crippen LogP contribution is 2.36. The zero-order valence-corrected chi connectivity index (χ0v) is 9.36. The number of carbonyl (C=O) groups is 1. The maximum absolute atomic E-state index is 13.0. The summed E-state index contributed by atoms with van der Waals surface area (Å²) in [5, 5.41) is 0. The fourth-order valence-corrected chi connectivity index (χ4v) is 1.66. The van der Waals surface area contributed by atoms with Gasteiger partial charge in [0.05, 0.1) is 12.5 Å². The molecule has 1 aliphatic rings. The highest BCUT2D eigenvalue weighted by Gasteiger charge is 2.43. The number of carbonyl (C=O) groups excluding carboxylic acids is 1. The fourth-order valence-electron chi connectivity index (χ4n) is 1.66. The van der Waals surface area contributed by atoms with Gasteiger partial charge in [0.15, 0.2) is 0 Å². The Morgan fingerprint density at radius 1 is 1.60 bits per heavy atom. The van der Waals surface area contributed by atoms with Crippen molar-refractivity contribution >= 4 is 18.4 Å². The Morgan fingerprint density at radius 2 is 2.20 bits per heavy atom. The Morgan fingerprint density at radius 3 is 2.73 bits per heavy atom. The van der Waals surface area contributed by atoms with E-state index in [9.17, 15) is 13.6 Å². The molecule has 90 valence electrons. The van der Waals surface area contributed by atoms with Gasteiger partial charge < -0.3 is 10.5 Å². The molecule has 2 atom stereocenters. The largest absolute Gasteiger partial charge is 0.466 e. The van der Waals surface area contributed by atoms with Crippen molar-refractivity contribution in [3.8, 4) is 0 Å². The van der Waals surface area contributed by atoms with E-state index in [0.29, 0.717) is 0 Å². The molecule has 1 aliphatic carbocycles. The lowest BCUT2D eigenvalue weighted by atomic mass is 9.83. The Labute approximate surface area is 93.8 Å². The molecule has 0 unspecified atom stereocenters. The lowest BCUT2D eigenvalue weighted by Crippen LogP contribution is -2.45. The minimum absolute atomic E-state index is 0. The Kier molecular flexibility index (Phi) is 5.45. The van der Waals surface area contributed by atoms with Gasteiger partial charge in [0.2, 0.25) is 5.92 Å². The van der Waals surface area contributed by atoms with Crippen LogP contribution < -0.4 is 5.73 Å². The highest BCUT2D eigenvalue weighted by atomic mass is 35.5. The summed E-state index contributed by atoms with van der Waals surface area (Å²) in [6, 6.07) is -0.492. The van der Waals surface area contributed by atoms with Crippen molar-refractivity contribution in [3.05, 3.63) is 0 Å². The van der Waals surface area contributed by atoms with E-state index in [1.807, 2.05) is 0 Å². The molecule has 3 nitrogen and oxygen atoms in total. The van der Waals surface area contributed by atoms with Crippen molar-refractivity contribution in [2.75, 3.05) is 6.61 Å². The lowest BCUT2D eigenvalue weighted by molar-refractivity contribution is -0.156. The van der Waals surface area contributed by atoms with Crippen LogP contribution in [0.3, 0.4) is 0 Å². The van der Waals surface area contributed by atoms with Crippen molar-refractivity contribution in [1.82, 2.24) is 0 Å².